The summed E-state index contributed by atoms with van der Waals surface area (Å²) in [6.45, 7) is 2.09. The van der Waals surface area contributed by atoms with Gasteiger partial charge in [0, 0.05) is 24.7 Å². The van der Waals surface area contributed by atoms with Crippen LogP contribution >= 0.6 is 0 Å². The van der Waals surface area contributed by atoms with Gasteiger partial charge in [-0.1, -0.05) is 51.2 Å². The second-order valence-corrected chi connectivity index (χ2v) is 7.23. The average Bonchev–Trinajstić information content (AvgIpc) is 2.82. The van der Waals surface area contributed by atoms with Crippen LogP contribution in [0.2, 0.25) is 0 Å². The lowest BCUT2D eigenvalue weighted by atomic mass is 9.88. The Labute approximate surface area is 151 Å². The van der Waals surface area contributed by atoms with Gasteiger partial charge in [-0.2, -0.15) is 0 Å². The van der Waals surface area contributed by atoms with Crippen molar-refractivity contribution >= 4 is 11.8 Å². The van der Waals surface area contributed by atoms with Crippen LogP contribution in [0.25, 0.3) is 0 Å². The summed E-state index contributed by atoms with van der Waals surface area (Å²) in [5.74, 6) is -0.928. The number of carboxylic acids is 1. The number of ketones is 1. The number of hydrogen-bond acceptors (Lipinski definition) is 4. The second-order valence-electron chi connectivity index (χ2n) is 7.23. The SMILES string of the molecule is CCCCC(O)CC=C[C@H]1[C@@H](O)CC(=O)[C@@H]1CCCCCCC(=O)O. The fourth-order valence-electron chi connectivity index (χ4n) is 3.54. The Bertz CT molecular complexity index is 432. The number of aliphatic hydroxyl groups excluding tert-OH is 2. The van der Waals surface area contributed by atoms with Crippen molar-refractivity contribution in [1.29, 1.82) is 0 Å². The van der Waals surface area contributed by atoms with Crippen molar-refractivity contribution in [2.24, 2.45) is 11.8 Å². The second kappa shape index (κ2) is 12.2. The largest absolute Gasteiger partial charge is 0.481 e. The summed E-state index contributed by atoms with van der Waals surface area (Å²) in [5, 5.41) is 28.6. The summed E-state index contributed by atoms with van der Waals surface area (Å²) in [5.41, 5.74) is 0. The Kier molecular flexibility index (Phi) is 10.7. The van der Waals surface area contributed by atoms with Crippen molar-refractivity contribution in [3.63, 3.8) is 0 Å². The first-order chi connectivity index (χ1) is 12.0. The van der Waals surface area contributed by atoms with E-state index in [9.17, 15) is 19.8 Å². The predicted molar refractivity (Wildman–Crippen MR) is 97.2 cm³/mol. The Balaban J connectivity index is 2.37. The summed E-state index contributed by atoms with van der Waals surface area (Å²) in [6, 6.07) is 0. The molecule has 3 N–H and O–H groups in total. The fraction of sp³-hybridized carbons (Fsp3) is 0.800. The quantitative estimate of drug-likeness (QED) is 0.348. The maximum atomic E-state index is 12.1. The molecule has 0 aliphatic heterocycles. The number of aliphatic hydroxyl groups is 2. The third kappa shape index (κ3) is 8.63. The minimum Gasteiger partial charge on any atom is -0.481 e. The molecular weight excluding hydrogens is 320 g/mol. The minimum absolute atomic E-state index is 0.124. The van der Waals surface area contributed by atoms with Crippen LogP contribution in [0.5, 0.6) is 0 Å². The summed E-state index contributed by atoms with van der Waals surface area (Å²) in [7, 11) is 0. The number of unbranched alkanes of at least 4 members (excludes halogenated alkanes) is 4. The maximum Gasteiger partial charge on any atom is 0.303 e. The highest BCUT2D eigenvalue weighted by Crippen LogP contribution is 2.34. The molecule has 0 aromatic carbocycles. The van der Waals surface area contributed by atoms with Gasteiger partial charge in [0.25, 0.3) is 0 Å². The molecule has 0 amide bonds. The molecule has 0 bridgehead atoms. The lowest BCUT2D eigenvalue weighted by Crippen LogP contribution is -2.18. The molecule has 0 aromatic heterocycles. The lowest BCUT2D eigenvalue weighted by Gasteiger charge is -2.17. The van der Waals surface area contributed by atoms with Crippen LogP contribution in [0.3, 0.4) is 0 Å². The monoisotopic (exact) mass is 354 g/mol. The summed E-state index contributed by atoms with van der Waals surface area (Å²) < 4.78 is 0. The molecule has 144 valence electrons. The van der Waals surface area contributed by atoms with E-state index in [0.717, 1.165) is 44.9 Å². The molecule has 0 spiro atoms. The highest BCUT2D eigenvalue weighted by atomic mass is 16.4. The molecule has 25 heavy (non-hydrogen) atoms. The molecule has 0 radical (unpaired) electrons. The number of rotatable bonds is 13. The Morgan fingerprint density at radius 3 is 2.64 bits per heavy atom. The van der Waals surface area contributed by atoms with Gasteiger partial charge >= 0.3 is 5.97 Å². The zero-order chi connectivity index (χ0) is 18.7. The molecule has 1 aliphatic rings. The van der Waals surface area contributed by atoms with Gasteiger partial charge in [-0.25, -0.2) is 0 Å². The van der Waals surface area contributed by atoms with Crippen molar-refractivity contribution in [2.75, 3.05) is 0 Å². The fourth-order valence-corrected chi connectivity index (χ4v) is 3.54. The smallest absolute Gasteiger partial charge is 0.303 e. The topological polar surface area (TPSA) is 94.8 Å². The maximum absolute atomic E-state index is 12.1. The number of hydrogen-bond donors (Lipinski definition) is 3. The molecule has 1 saturated carbocycles. The van der Waals surface area contributed by atoms with Crippen LogP contribution in [-0.2, 0) is 9.59 Å². The third-order valence-electron chi connectivity index (χ3n) is 5.05. The summed E-state index contributed by atoms with van der Waals surface area (Å²) in [4.78, 5) is 22.6. The zero-order valence-electron chi connectivity index (χ0n) is 15.4. The first-order valence-corrected chi connectivity index (χ1v) is 9.73. The number of carbonyl (C=O) groups excluding carboxylic acids is 1. The van der Waals surface area contributed by atoms with Crippen LogP contribution in [-0.4, -0.2) is 39.3 Å². The number of carboxylic acid groups (broad SMARTS) is 1. The van der Waals surface area contributed by atoms with E-state index < -0.39 is 12.1 Å². The molecule has 1 unspecified atom stereocenters. The van der Waals surface area contributed by atoms with Crippen molar-refractivity contribution in [2.45, 2.75) is 89.8 Å². The van der Waals surface area contributed by atoms with E-state index in [1.807, 2.05) is 12.2 Å². The van der Waals surface area contributed by atoms with Gasteiger partial charge in [-0.3, -0.25) is 9.59 Å². The van der Waals surface area contributed by atoms with E-state index in [2.05, 4.69) is 6.92 Å². The van der Waals surface area contributed by atoms with Gasteiger partial charge in [-0.15, -0.1) is 0 Å². The average molecular weight is 354 g/mol. The van der Waals surface area contributed by atoms with Gasteiger partial charge < -0.3 is 15.3 Å². The molecule has 1 aliphatic carbocycles. The zero-order valence-corrected chi connectivity index (χ0v) is 15.4. The number of Topliss-reactive ketones (excluding diaryl/α,β-unsaturated/α-hetero) is 1. The molecule has 5 heteroatoms. The predicted octanol–water partition coefficient (Wildman–Crippen LogP) is 3.48. The summed E-state index contributed by atoms with van der Waals surface area (Å²) in [6.07, 6.45) is 10.8. The van der Waals surface area contributed by atoms with E-state index in [0.29, 0.717) is 12.8 Å². The molecule has 0 aromatic rings. The van der Waals surface area contributed by atoms with Crippen LogP contribution in [0.15, 0.2) is 12.2 Å². The molecule has 5 nitrogen and oxygen atoms in total. The first kappa shape index (κ1) is 21.8. The highest BCUT2D eigenvalue weighted by Gasteiger charge is 2.39. The Hall–Kier alpha value is -1.20. The van der Waals surface area contributed by atoms with E-state index in [4.69, 9.17) is 5.11 Å². The molecule has 4 atom stereocenters. The molecule has 1 rings (SSSR count). The van der Waals surface area contributed by atoms with Crippen LogP contribution in [0.1, 0.15) is 77.6 Å². The molecular formula is C20H34O5. The van der Waals surface area contributed by atoms with E-state index in [1.165, 1.54) is 0 Å². The van der Waals surface area contributed by atoms with Gasteiger partial charge in [0.05, 0.1) is 12.2 Å². The van der Waals surface area contributed by atoms with Crippen molar-refractivity contribution in [3.8, 4) is 0 Å². The van der Waals surface area contributed by atoms with Crippen LogP contribution in [0, 0.1) is 11.8 Å². The van der Waals surface area contributed by atoms with E-state index in [1.54, 1.807) is 0 Å². The van der Waals surface area contributed by atoms with Crippen molar-refractivity contribution < 1.29 is 24.9 Å². The van der Waals surface area contributed by atoms with E-state index in [-0.39, 0.29) is 36.6 Å². The highest BCUT2D eigenvalue weighted by molar-refractivity contribution is 5.84. The standard InChI is InChI=1S/C20H34O5/c1-2-3-9-15(21)10-8-12-17-16(18(22)14-19(17)23)11-6-4-5-7-13-20(24)25/h8,12,15-17,19,21,23H,2-7,9-11,13-14H2,1H3,(H,24,25)/t15?,16-,17-,19+/m1/s1. The Morgan fingerprint density at radius 2 is 1.96 bits per heavy atom. The molecule has 0 heterocycles. The minimum atomic E-state index is -0.764. The van der Waals surface area contributed by atoms with Gasteiger partial charge in [0.15, 0.2) is 0 Å². The number of aliphatic carboxylic acids is 1. The van der Waals surface area contributed by atoms with Crippen LogP contribution in [0.4, 0.5) is 0 Å². The molecule has 0 saturated heterocycles. The summed E-state index contributed by atoms with van der Waals surface area (Å²) >= 11 is 0. The van der Waals surface area contributed by atoms with E-state index >= 15 is 0 Å². The first-order valence-electron chi connectivity index (χ1n) is 9.73. The third-order valence-corrected chi connectivity index (χ3v) is 5.05. The van der Waals surface area contributed by atoms with Gasteiger partial charge in [-0.05, 0) is 25.7 Å². The molecule has 1 fully saturated rings. The Morgan fingerprint density at radius 1 is 1.24 bits per heavy atom. The normalized spacial score (nSPS) is 24.9. The van der Waals surface area contributed by atoms with Crippen LogP contribution < -0.4 is 0 Å². The van der Waals surface area contributed by atoms with Crippen molar-refractivity contribution in [1.82, 2.24) is 0 Å². The lowest BCUT2D eigenvalue weighted by molar-refractivity contribution is -0.137. The van der Waals surface area contributed by atoms with Gasteiger partial charge in [0.1, 0.15) is 5.78 Å². The van der Waals surface area contributed by atoms with Crippen molar-refractivity contribution in [3.05, 3.63) is 12.2 Å². The van der Waals surface area contributed by atoms with Gasteiger partial charge in [0.2, 0.25) is 0 Å². The number of carbonyl (C=O) groups is 2.